The van der Waals surface area contributed by atoms with Crippen LogP contribution in [-0.2, 0) is 16.1 Å². The Bertz CT molecular complexity index is 604. The van der Waals surface area contributed by atoms with Crippen LogP contribution in [0, 0.1) is 0 Å². The van der Waals surface area contributed by atoms with Crippen molar-refractivity contribution in [2.45, 2.75) is 18.6 Å². The second-order valence-corrected chi connectivity index (χ2v) is 4.72. The maximum atomic E-state index is 11.2. The molecule has 1 aromatic carbocycles. The number of aromatic nitrogens is 1. The van der Waals surface area contributed by atoms with Crippen LogP contribution in [0.1, 0.15) is 5.56 Å². The summed E-state index contributed by atoms with van der Waals surface area (Å²) in [5.74, 6) is -1.06. The number of rotatable bonds is 8. The summed E-state index contributed by atoms with van der Waals surface area (Å²) in [6, 6.07) is 6.66. The number of carboxylic acid groups (broad SMARTS) is 1. The van der Waals surface area contributed by atoms with Gasteiger partial charge < -0.3 is 20.3 Å². The van der Waals surface area contributed by atoms with Gasteiger partial charge >= 0.3 is 5.97 Å². The zero-order valence-electron chi connectivity index (χ0n) is 11.7. The molecule has 0 aliphatic carbocycles. The Labute approximate surface area is 133 Å². The molecule has 0 saturated heterocycles. The molecular weight excluding hydrogens is 312 g/mol. The Hall–Kier alpha value is -1.64. The van der Waals surface area contributed by atoms with Gasteiger partial charge in [-0.05, 0) is 11.6 Å². The number of aliphatic carboxylic acids is 1. The highest BCUT2D eigenvalue weighted by molar-refractivity contribution is 5.85. The van der Waals surface area contributed by atoms with Crippen molar-refractivity contribution in [3.8, 4) is 0 Å². The molecule has 0 radical (unpaired) electrons. The number of hydrogen-bond acceptors (Lipinski definition) is 5. The molecule has 2 aromatic rings. The average molecular weight is 331 g/mol. The van der Waals surface area contributed by atoms with Gasteiger partial charge in [0.1, 0.15) is 12.1 Å². The molecular formula is C14H19ClN2O5. The number of nitrogens with one attached hydrogen (secondary N) is 2. The van der Waals surface area contributed by atoms with Crippen LogP contribution in [-0.4, -0.2) is 51.6 Å². The minimum Gasteiger partial charge on any atom is -0.480 e. The Morgan fingerprint density at radius 2 is 2.09 bits per heavy atom. The minimum atomic E-state index is -1.06. The van der Waals surface area contributed by atoms with E-state index in [-0.39, 0.29) is 25.4 Å². The summed E-state index contributed by atoms with van der Waals surface area (Å²) in [4.78, 5) is 19.2. The molecule has 0 spiro atoms. The molecule has 0 aliphatic heterocycles. The number of aliphatic hydroxyl groups excluding tert-OH is 2. The number of aromatic amines is 1. The van der Waals surface area contributed by atoms with Gasteiger partial charge in [0.2, 0.25) is 0 Å². The Morgan fingerprint density at radius 3 is 2.77 bits per heavy atom. The van der Waals surface area contributed by atoms with Crippen molar-refractivity contribution in [1.29, 1.82) is 0 Å². The smallest absolute Gasteiger partial charge is 0.323 e. The first-order valence-corrected chi connectivity index (χ1v) is 6.56. The molecule has 122 valence electrons. The third kappa shape index (κ3) is 4.69. The lowest BCUT2D eigenvalue weighted by molar-refractivity contribution is -0.145. The van der Waals surface area contributed by atoms with Gasteiger partial charge in [-0.1, -0.05) is 18.2 Å². The molecule has 2 atom stereocenters. The summed E-state index contributed by atoms with van der Waals surface area (Å²) in [6.45, 7) is -0.629. The topological polar surface area (TPSA) is 115 Å². The van der Waals surface area contributed by atoms with Crippen molar-refractivity contribution in [3.05, 3.63) is 36.0 Å². The van der Waals surface area contributed by atoms with Crippen molar-refractivity contribution in [1.82, 2.24) is 10.5 Å². The van der Waals surface area contributed by atoms with Crippen LogP contribution in [0.25, 0.3) is 10.9 Å². The van der Waals surface area contributed by atoms with E-state index in [0.717, 1.165) is 16.5 Å². The molecule has 5 N–H and O–H groups in total. The first-order chi connectivity index (χ1) is 10.1. The summed E-state index contributed by atoms with van der Waals surface area (Å²) in [5.41, 5.74) is 4.20. The number of carbonyl (C=O) groups is 1. The molecule has 22 heavy (non-hydrogen) atoms. The second-order valence-electron chi connectivity index (χ2n) is 4.72. The van der Waals surface area contributed by atoms with E-state index in [4.69, 9.17) is 15.1 Å². The highest BCUT2D eigenvalue weighted by atomic mass is 35.5. The molecule has 7 nitrogen and oxygen atoms in total. The largest absolute Gasteiger partial charge is 0.480 e. The van der Waals surface area contributed by atoms with Gasteiger partial charge in [0.15, 0.2) is 0 Å². The molecule has 1 heterocycles. The number of para-hydroxylation sites is 1. The fourth-order valence-corrected chi connectivity index (χ4v) is 2.00. The lowest BCUT2D eigenvalue weighted by Crippen LogP contribution is -2.40. The summed E-state index contributed by atoms with van der Waals surface area (Å²) in [6.07, 6.45) is 0.958. The van der Waals surface area contributed by atoms with E-state index in [1.165, 1.54) is 0 Å². The highest BCUT2D eigenvalue weighted by Gasteiger charge is 2.20. The quantitative estimate of drug-likeness (QED) is 0.449. The van der Waals surface area contributed by atoms with Gasteiger partial charge in [-0.15, -0.1) is 12.4 Å². The molecule has 1 aromatic heterocycles. The van der Waals surface area contributed by atoms with Crippen LogP contribution < -0.4 is 5.48 Å². The maximum Gasteiger partial charge on any atom is 0.323 e. The summed E-state index contributed by atoms with van der Waals surface area (Å²) < 4.78 is 0. The zero-order valence-corrected chi connectivity index (χ0v) is 12.5. The van der Waals surface area contributed by atoms with Gasteiger partial charge in [0, 0.05) is 23.5 Å². The fraction of sp³-hybridized carbons (Fsp3) is 0.357. The van der Waals surface area contributed by atoms with Crippen molar-refractivity contribution in [2.24, 2.45) is 0 Å². The second kappa shape index (κ2) is 8.72. The van der Waals surface area contributed by atoms with Crippen molar-refractivity contribution in [3.63, 3.8) is 0 Å². The highest BCUT2D eigenvalue weighted by Crippen LogP contribution is 2.19. The predicted molar refractivity (Wildman–Crippen MR) is 82.9 cm³/mol. The number of fused-ring (bicyclic) bond motifs is 1. The third-order valence-electron chi connectivity index (χ3n) is 3.11. The molecule has 2 rings (SSSR count). The van der Waals surface area contributed by atoms with Gasteiger partial charge in [-0.2, -0.15) is 5.48 Å². The molecule has 1 unspecified atom stereocenters. The number of hydrogen-bond donors (Lipinski definition) is 5. The minimum absolute atomic E-state index is 0. The Kier molecular flexibility index (Phi) is 7.30. The van der Waals surface area contributed by atoms with E-state index >= 15 is 0 Å². The molecule has 0 fully saturated rings. The SMILES string of the molecule is Cl.O=C(O)[C@H](Cc1c[nH]c2ccccc12)NOCC(O)CO. The van der Waals surface area contributed by atoms with Crippen LogP contribution in [0.5, 0.6) is 0 Å². The standard InChI is InChI=1S/C14H18N2O5.ClH/c17-7-10(18)8-21-16-13(14(19)20)5-9-6-15-12-4-2-1-3-11(9)12;/h1-4,6,10,13,15-18H,5,7-8H2,(H,19,20);1H/t10?,13-;/m0./s1. The van der Waals surface area contributed by atoms with Gasteiger partial charge in [0.25, 0.3) is 0 Å². The van der Waals surface area contributed by atoms with Gasteiger partial charge in [-0.3, -0.25) is 9.63 Å². The molecule has 0 saturated carbocycles. The molecule has 0 amide bonds. The van der Waals surface area contributed by atoms with E-state index in [1.807, 2.05) is 24.3 Å². The van der Waals surface area contributed by atoms with Crippen LogP contribution in [0.15, 0.2) is 30.5 Å². The average Bonchev–Trinajstić information content (AvgIpc) is 2.89. The number of halogens is 1. The number of carboxylic acids is 1. The Balaban J connectivity index is 0.00000242. The van der Waals surface area contributed by atoms with Crippen LogP contribution in [0.2, 0.25) is 0 Å². The predicted octanol–water partition coefficient (Wildman–Crippen LogP) is 0.460. The van der Waals surface area contributed by atoms with E-state index in [0.29, 0.717) is 0 Å². The van der Waals surface area contributed by atoms with E-state index < -0.39 is 24.7 Å². The summed E-state index contributed by atoms with van der Waals surface area (Å²) in [7, 11) is 0. The van der Waals surface area contributed by atoms with E-state index in [2.05, 4.69) is 10.5 Å². The van der Waals surface area contributed by atoms with E-state index in [1.54, 1.807) is 6.20 Å². The lowest BCUT2D eigenvalue weighted by Gasteiger charge is -2.15. The number of H-pyrrole nitrogens is 1. The normalized spacial score (nSPS) is 13.5. The molecule has 0 bridgehead atoms. The Morgan fingerprint density at radius 1 is 1.36 bits per heavy atom. The van der Waals surface area contributed by atoms with Crippen LogP contribution in [0.4, 0.5) is 0 Å². The fourth-order valence-electron chi connectivity index (χ4n) is 2.00. The zero-order chi connectivity index (χ0) is 15.2. The summed E-state index contributed by atoms with van der Waals surface area (Å²) >= 11 is 0. The van der Waals surface area contributed by atoms with Gasteiger partial charge in [-0.25, -0.2) is 0 Å². The van der Waals surface area contributed by atoms with Crippen molar-refractivity contribution < 1.29 is 25.0 Å². The monoisotopic (exact) mass is 330 g/mol. The van der Waals surface area contributed by atoms with Crippen LogP contribution in [0.3, 0.4) is 0 Å². The van der Waals surface area contributed by atoms with Crippen LogP contribution >= 0.6 is 12.4 Å². The first kappa shape index (κ1) is 18.4. The number of aliphatic hydroxyl groups is 2. The molecule has 0 aliphatic rings. The molecule has 8 heteroatoms. The first-order valence-electron chi connectivity index (χ1n) is 6.56. The van der Waals surface area contributed by atoms with Crippen molar-refractivity contribution >= 4 is 29.3 Å². The number of hydroxylamine groups is 1. The van der Waals surface area contributed by atoms with Gasteiger partial charge in [0.05, 0.1) is 13.2 Å². The van der Waals surface area contributed by atoms with Crippen molar-refractivity contribution in [2.75, 3.05) is 13.2 Å². The number of benzene rings is 1. The third-order valence-corrected chi connectivity index (χ3v) is 3.11. The summed E-state index contributed by atoms with van der Waals surface area (Å²) in [5, 5.41) is 28.0. The van der Waals surface area contributed by atoms with E-state index in [9.17, 15) is 9.90 Å². The maximum absolute atomic E-state index is 11.2. The lowest BCUT2D eigenvalue weighted by atomic mass is 10.1.